The van der Waals surface area contributed by atoms with Crippen molar-refractivity contribution in [1.82, 2.24) is 4.90 Å². The van der Waals surface area contributed by atoms with Crippen molar-refractivity contribution < 1.29 is 19.1 Å². The molecule has 21 heavy (non-hydrogen) atoms. The Labute approximate surface area is 123 Å². The predicted molar refractivity (Wildman–Crippen MR) is 76.3 cm³/mol. The van der Waals surface area contributed by atoms with Gasteiger partial charge in [0.1, 0.15) is 5.82 Å². The minimum absolute atomic E-state index is 0.129. The second kappa shape index (κ2) is 6.24. The highest BCUT2D eigenvalue weighted by atomic mass is 19.1. The lowest BCUT2D eigenvalue weighted by molar-refractivity contribution is -0.143. The molecule has 5 heteroatoms. The van der Waals surface area contributed by atoms with E-state index in [-0.39, 0.29) is 24.3 Å². The molecule has 1 saturated carbocycles. The number of rotatable bonds is 6. The van der Waals surface area contributed by atoms with Gasteiger partial charge in [-0.05, 0) is 37.5 Å². The Morgan fingerprint density at radius 3 is 2.57 bits per heavy atom. The van der Waals surface area contributed by atoms with Gasteiger partial charge in [-0.25, -0.2) is 4.39 Å². The molecule has 4 nitrogen and oxygen atoms in total. The second-order valence-electron chi connectivity index (χ2n) is 5.74. The zero-order valence-corrected chi connectivity index (χ0v) is 12.3. The third-order valence-corrected chi connectivity index (χ3v) is 3.88. The number of carboxylic acid groups (broad SMARTS) is 1. The summed E-state index contributed by atoms with van der Waals surface area (Å²) < 4.78 is 13.3. The number of benzene rings is 1. The van der Waals surface area contributed by atoms with Crippen molar-refractivity contribution in [2.45, 2.75) is 38.6 Å². The SMILES string of the molecule is C[C@H](CN(C(=O)[C@@H](C)c1cccc(F)c1)C1CC1)C(=O)O. The first-order chi connectivity index (χ1) is 9.90. The lowest BCUT2D eigenvalue weighted by atomic mass is 9.99. The summed E-state index contributed by atoms with van der Waals surface area (Å²) in [5, 5.41) is 9.02. The van der Waals surface area contributed by atoms with Crippen molar-refractivity contribution >= 4 is 11.9 Å². The van der Waals surface area contributed by atoms with Gasteiger partial charge in [0.05, 0.1) is 11.8 Å². The fraction of sp³-hybridized carbons (Fsp3) is 0.500. The Bertz CT molecular complexity index is 542. The van der Waals surface area contributed by atoms with Crippen LogP contribution in [0.25, 0.3) is 0 Å². The van der Waals surface area contributed by atoms with Gasteiger partial charge in [-0.1, -0.05) is 19.1 Å². The molecule has 0 aliphatic heterocycles. The van der Waals surface area contributed by atoms with Crippen molar-refractivity contribution in [3.05, 3.63) is 35.6 Å². The zero-order valence-electron chi connectivity index (χ0n) is 12.3. The van der Waals surface area contributed by atoms with E-state index in [1.165, 1.54) is 12.1 Å². The summed E-state index contributed by atoms with van der Waals surface area (Å²) in [7, 11) is 0. The van der Waals surface area contributed by atoms with Gasteiger partial charge in [0.25, 0.3) is 0 Å². The van der Waals surface area contributed by atoms with Crippen molar-refractivity contribution in [1.29, 1.82) is 0 Å². The average Bonchev–Trinajstić information content (AvgIpc) is 3.27. The van der Waals surface area contributed by atoms with Crippen molar-refractivity contribution in [3.63, 3.8) is 0 Å². The maximum absolute atomic E-state index is 13.3. The van der Waals surface area contributed by atoms with E-state index in [9.17, 15) is 14.0 Å². The molecular formula is C16H20FNO3. The van der Waals surface area contributed by atoms with Gasteiger partial charge in [0, 0.05) is 12.6 Å². The first kappa shape index (κ1) is 15.5. The van der Waals surface area contributed by atoms with Crippen molar-refractivity contribution in [2.75, 3.05) is 6.54 Å². The normalized spacial score (nSPS) is 17.1. The number of hydrogen-bond donors (Lipinski definition) is 1. The molecule has 0 heterocycles. The number of carbonyl (C=O) groups excluding carboxylic acids is 1. The molecule has 1 aromatic carbocycles. The van der Waals surface area contributed by atoms with Crippen LogP contribution in [0.4, 0.5) is 4.39 Å². The lowest BCUT2D eigenvalue weighted by Gasteiger charge is -2.27. The Kier molecular flexibility index (Phi) is 4.60. The van der Waals surface area contributed by atoms with Gasteiger partial charge in [0.2, 0.25) is 5.91 Å². The van der Waals surface area contributed by atoms with Crippen molar-refractivity contribution in [2.24, 2.45) is 5.92 Å². The fourth-order valence-electron chi connectivity index (χ4n) is 2.35. The van der Waals surface area contributed by atoms with E-state index in [1.54, 1.807) is 30.9 Å². The molecule has 0 bridgehead atoms. The quantitative estimate of drug-likeness (QED) is 0.877. The van der Waals surface area contributed by atoms with E-state index in [0.29, 0.717) is 5.56 Å². The number of halogens is 1. The Morgan fingerprint density at radius 1 is 1.38 bits per heavy atom. The molecule has 114 valence electrons. The van der Waals surface area contributed by atoms with Crippen LogP contribution >= 0.6 is 0 Å². The third-order valence-electron chi connectivity index (χ3n) is 3.88. The highest BCUT2D eigenvalue weighted by molar-refractivity contribution is 5.84. The van der Waals surface area contributed by atoms with Crippen LogP contribution in [0.1, 0.15) is 38.2 Å². The number of aliphatic carboxylic acids is 1. The topological polar surface area (TPSA) is 57.6 Å². The monoisotopic (exact) mass is 293 g/mol. The lowest BCUT2D eigenvalue weighted by Crippen LogP contribution is -2.40. The van der Waals surface area contributed by atoms with E-state index in [2.05, 4.69) is 0 Å². The van der Waals surface area contributed by atoms with Crippen molar-refractivity contribution in [3.8, 4) is 0 Å². The van der Waals surface area contributed by atoms with Gasteiger partial charge in [-0.15, -0.1) is 0 Å². The molecule has 0 aromatic heterocycles. The van der Waals surface area contributed by atoms with Crippen LogP contribution in [0.15, 0.2) is 24.3 Å². The summed E-state index contributed by atoms with van der Waals surface area (Å²) >= 11 is 0. The van der Waals surface area contributed by atoms with E-state index >= 15 is 0 Å². The van der Waals surface area contributed by atoms with Crippen LogP contribution < -0.4 is 0 Å². The molecule has 0 saturated heterocycles. The summed E-state index contributed by atoms with van der Waals surface area (Å²) in [5.74, 6) is -2.48. The molecule has 1 aliphatic carbocycles. The molecule has 1 N–H and O–H groups in total. The molecule has 2 atom stereocenters. The molecule has 0 radical (unpaired) electrons. The standard InChI is InChI=1S/C16H20FNO3/c1-10(16(20)21)9-18(14-6-7-14)15(19)11(2)12-4-3-5-13(17)8-12/h3-5,8,10-11,14H,6-7,9H2,1-2H3,(H,20,21)/t10-,11+/m1/s1. The van der Waals surface area contributed by atoms with E-state index in [1.807, 2.05) is 0 Å². The Morgan fingerprint density at radius 2 is 2.05 bits per heavy atom. The van der Waals surface area contributed by atoms with E-state index in [0.717, 1.165) is 12.8 Å². The first-order valence-electron chi connectivity index (χ1n) is 7.19. The van der Waals surface area contributed by atoms with Crippen LogP contribution in [-0.2, 0) is 9.59 Å². The first-order valence-corrected chi connectivity index (χ1v) is 7.19. The molecule has 0 unspecified atom stereocenters. The summed E-state index contributed by atoms with van der Waals surface area (Å²) in [6.07, 6.45) is 1.82. The largest absolute Gasteiger partial charge is 0.481 e. The number of nitrogens with zero attached hydrogens (tertiary/aromatic N) is 1. The molecule has 1 fully saturated rings. The molecule has 1 aromatic rings. The third kappa shape index (κ3) is 3.80. The second-order valence-corrected chi connectivity index (χ2v) is 5.74. The number of carbonyl (C=O) groups is 2. The van der Waals surface area contributed by atoms with E-state index in [4.69, 9.17) is 5.11 Å². The average molecular weight is 293 g/mol. The molecule has 0 spiro atoms. The summed E-state index contributed by atoms with van der Waals surface area (Å²) in [6, 6.07) is 6.13. The Hall–Kier alpha value is -1.91. The minimum atomic E-state index is -0.910. The molecular weight excluding hydrogens is 273 g/mol. The Balaban J connectivity index is 2.12. The van der Waals surface area contributed by atoms with Gasteiger partial charge >= 0.3 is 5.97 Å². The predicted octanol–water partition coefficient (Wildman–Crippen LogP) is 2.64. The fourth-order valence-corrected chi connectivity index (χ4v) is 2.35. The van der Waals surface area contributed by atoms with Crippen LogP contribution in [0.2, 0.25) is 0 Å². The van der Waals surface area contributed by atoms with E-state index < -0.39 is 17.8 Å². The highest BCUT2D eigenvalue weighted by Gasteiger charge is 2.36. The molecule has 1 amide bonds. The summed E-state index contributed by atoms with van der Waals surface area (Å²) in [6.45, 7) is 3.54. The summed E-state index contributed by atoms with van der Waals surface area (Å²) in [5.41, 5.74) is 0.619. The number of hydrogen-bond acceptors (Lipinski definition) is 2. The zero-order chi connectivity index (χ0) is 15.6. The minimum Gasteiger partial charge on any atom is -0.481 e. The maximum Gasteiger partial charge on any atom is 0.308 e. The van der Waals surface area contributed by atoms with Crippen LogP contribution in [-0.4, -0.2) is 34.5 Å². The van der Waals surface area contributed by atoms with Gasteiger partial charge in [-0.2, -0.15) is 0 Å². The highest BCUT2D eigenvalue weighted by Crippen LogP contribution is 2.31. The number of amides is 1. The van der Waals surface area contributed by atoms with Crippen LogP contribution in [0.5, 0.6) is 0 Å². The number of carboxylic acids is 1. The van der Waals surface area contributed by atoms with Crippen LogP contribution in [0, 0.1) is 11.7 Å². The maximum atomic E-state index is 13.3. The van der Waals surface area contributed by atoms with Gasteiger partial charge < -0.3 is 10.0 Å². The molecule has 2 rings (SSSR count). The smallest absolute Gasteiger partial charge is 0.308 e. The molecule has 1 aliphatic rings. The summed E-state index contributed by atoms with van der Waals surface area (Å²) in [4.78, 5) is 25.2. The van der Waals surface area contributed by atoms with Gasteiger partial charge in [0.15, 0.2) is 0 Å². The van der Waals surface area contributed by atoms with Gasteiger partial charge in [-0.3, -0.25) is 9.59 Å². The van der Waals surface area contributed by atoms with Crippen LogP contribution in [0.3, 0.4) is 0 Å².